The van der Waals surface area contributed by atoms with Crippen LogP contribution < -0.4 is 5.32 Å². The minimum absolute atomic E-state index is 0.0451. The number of imide groups is 1. The van der Waals surface area contributed by atoms with Crippen molar-refractivity contribution in [3.05, 3.63) is 0 Å². The van der Waals surface area contributed by atoms with Crippen LogP contribution in [0.15, 0.2) is 0 Å². The highest BCUT2D eigenvalue weighted by atomic mass is 16.4. The zero-order valence-electron chi connectivity index (χ0n) is 9.62. The number of rotatable bonds is 3. The Bertz CT molecular complexity index is 396. The topological polar surface area (TPSA) is 127 Å². The lowest BCUT2D eigenvalue weighted by molar-refractivity contribution is -0.154. The van der Waals surface area contributed by atoms with Crippen molar-refractivity contribution in [2.45, 2.75) is 13.2 Å². The molecule has 0 aromatic carbocycles. The molecule has 1 atom stereocenters. The number of carbonyl (C=O) groups excluding carboxylic acids is 3. The number of urea groups is 1. The van der Waals surface area contributed by atoms with Gasteiger partial charge in [-0.1, -0.05) is 0 Å². The Balaban J connectivity index is 2.68. The molecule has 0 bridgehead atoms. The standard InChI is InChI=1S/C9H13N3O6/c1-2-11-3-4-12(7(15)6(11)14)9(18)10-5(13)8(16)17/h5,13H,2-4H2,1H3,(H,10,18)(H,16,17). The third kappa shape index (κ3) is 2.74. The summed E-state index contributed by atoms with van der Waals surface area (Å²) in [6, 6.07) is -1.11. The maximum Gasteiger partial charge on any atom is 0.353 e. The number of aliphatic hydroxyl groups excluding tert-OH is 1. The molecule has 0 radical (unpaired) electrons. The molecule has 9 heteroatoms. The number of hydrogen-bond donors (Lipinski definition) is 3. The van der Waals surface area contributed by atoms with Crippen LogP contribution in [0.1, 0.15) is 6.92 Å². The van der Waals surface area contributed by atoms with Crippen LogP contribution in [0.5, 0.6) is 0 Å². The Morgan fingerprint density at radius 2 is 1.94 bits per heavy atom. The second-order valence-corrected chi connectivity index (χ2v) is 3.53. The molecule has 0 aromatic heterocycles. The van der Waals surface area contributed by atoms with E-state index >= 15 is 0 Å². The SMILES string of the molecule is CCN1CCN(C(=O)NC(O)C(=O)O)C(=O)C1=O. The van der Waals surface area contributed by atoms with E-state index in [0.717, 1.165) is 0 Å². The van der Waals surface area contributed by atoms with E-state index in [-0.39, 0.29) is 13.1 Å². The van der Waals surface area contributed by atoms with E-state index < -0.39 is 30.0 Å². The van der Waals surface area contributed by atoms with Gasteiger partial charge in [-0.25, -0.2) is 9.59 Å². The predicted molar refractivity (Wildman–Crippen MR) is 56.1 cm³/mol. The molecule has 9 nitrogen and oxygen atoms in total. The van der Waals surface area contributed by atoms with Crippen molar-refractivity contribution in [1.82, 2.24) is 15.1 Å². The van der Waals surface area contributed by atoms with E-state index in [9.17, 15) is 19.2 Å². The number of nitrogens with one attached hydrogen (secondary N) is 1. The Labute approximate surface area is 102 Å². The number of aliphatic carboxylic acids is 1. The maximum atomic E-state index is 11.5. The van der Waals surface area contributed by atoms with Gasteiger partial charge in [-0.05, 0) is 6.92 Å². The zero-order valence-corrected chi connectivity index (χ0v) is 9.62. The summed E-state index contributed by atoms with van der Waals surface area (Å²) in [6.07, 6.45) is -2.12. The highest BCUT2D eigenvalue weighted by Crippen LogP contribution is 2.05. The average Bonchev–Trinajstić information content (AvgIpc) is 2.32. The second-order valence-electron chi connectivity index (χ2n) is 3.53. The summed E-state index contributed by atoms with van der Waals surface area (Å²) in [7, 11) is 0. The molecular weight excluding hydrogens is 246 g/mol. The molecule has 0 saturated carbocycles. The fraction of sp³-hybridized carbons (Fsp3) is 0.556. The normalized spacial score (nSPS) is 17.7. The summed E-state index contributed by atoms with van der Waals surface area (Å²) >= 11 is 0. The van der Waals surface area contributed by atoms with Crippen molar-refractivity contribution in [2.24, 2.45) is 0 Å². The fourth-order valence-corrected chi connectivity index (χ4v) is 1.43. The third-order valence-corrected chi connectivity index (χ3v) is 2.43. The molecule has 3 N–H and O–H groups in total. The smallest absolute Gasteiger partial charge is 0.353 e. The molecular formula is C9H13N3O6. The first-order valence-corrected chi connectivity index (χ1v) is 5.20. The summed E-state index contributed by atoms with van der Waals surface area (Å²) in [4.78, 5) is 46.6. The van der Waals surface area contributed by atoms with Crippen LogP contribution in [0.4, 0.5) is 4.79 Å². The van der Waals surface area contributed by atoms with Crippen molar-refractivity contribution in [3.63, 3.8) is 0 Å². The van der Waals surface area contributed by atoms with Crippen LogP contribution in [-0.4, -0.2) is 69.7 Å². The predicted octanol–water partition coefficient (Wildman–Crippen LogP) is -2.21. The van der Waals surface area contributed by atoms with Crippen LogP contribution in [0.2, 0.25) is 0 Å². The second kappa shape index (κ2) is 5.45. The maximum absolute atomic E-state index is 11.5. The quantitative estimate of drug-likeness (QED) is 0.389. The van der Waals surface area contributed by atoms with E-state index in [1.807, 2.05) is 0 Å². The number of piperazine rings is 1. The number of hydrogen-bond acceptors (Lipinski definition) is 5. The lowest BCUT2D eigenvalue weighted by Crippen LogP contribution is -2.59. The number of amides is 4. The van der Waals surface area contributed by atoms with Crippen LogP contribution in [0.25, 0.3) is 0 Å². The van der Waals surface area contributed by atoms with Crippen molar-refractivity contribution in [2.75, 3.05) is 19.6 Å². The van der Waals surface area contributed by atoms with Gasteiger partial charge in [-0.3, -0.25) is 14.5 Å². The molecule has 4 amide bonds. The summed E-state index contributed by atoms with van der Waals surface area (Å²) < 4.78 is 0. The van der Waals surface area contributed by atoms with Crippen LogP contribution in [0.3, 0.4) is 0 Å². The van der Waals surface area contributed by atoms with Gasteiger partial charge in [-0.2, -0.15) is 0 Å². The number of carboxylic acids is 1. The van der Waals surface area contributed by atoms with Gasteiger partial charge in [0.15, 0.2) is 0 Å². The largest absolute Gasteiger partial charge is 0.478 e. The summed E-state index contributed by atoms with van der Waals surface area (Å²) in [6.45, 7) is 2.17. The van der Waals surface area contributed by atoms with Crippen LogP contribution in [0, 0.1) is 0 Å². The first-order valence-electron chi connectivity index (χ1n) is 5.20. The van der Waals surface area contributed by atoms with Crippen LogP contribution >= 0.6 is 0 Å². The Morgan fingerprint density at radius 3 is 2.44 bits per heavy atom. The van der Waals surface area contributed by atoms with Gasteiger partial charge in [0, 0.05) is 19.6 Å². The van der Waals surface area contributed by atoms with Gasteiger partial charge in [0.2, 0.25) is 6.23 Å². The molecule has 1 heterocycles. The molecule has 1 fully saturated rings. The van der Waals surface area contributed by atoms with Crippen molar-refractivity contribution >= 4 is 23.8 Å². The number of carboxylic acid groups (broad SMARTS) is 1. The van der Waals surface area contributed by atoms with E-state index in [1.54, 1.807) is 12.2 Å². The fourth-order valence-electron chi connectivity index (χ4n) is 1.43. The lowest BCUT2D eigenvalue weighted by atomic mass is 10.3. The lowest BCUT2D eigenvalue weighted by Gasteiger charge is -2.31. The molecule has 0 aromatic rings. The molecule has 1 aliphatic rings. The van der Waals surface area contributed by atoms with Crippen molar-refractivity contribution < 1.29 is 29.4 Å². The van der Waals surface area contributed by atoms with Gasteiger partial charge in [0.05, 0.1) is 0 Å². The Hall–Kier alpha value is -2.16. The number of aliphatic hydroxyl groups is 1. The monoisotopic (exact) mass is 259 g/mol. The number of carbonyl (C=O) groups is 4. The minimum atomic E-state index is -2.12. The van der Waals surface area contributed by atoms with Gasteiger partial charge < -0.3 is 20.4 Å². The minimum Gasteiger partial charge on any atom is -0.478 e. The molecule has 1 aliphatic heterocycles. The van der Waals surface area contributed by atoms with E-state index in [4.69, 9.17) is 10.2 Å². The molecule has 1 unspecified atom stereocenters. The van der Waals surface area contributed by atoms with Gasteiger partial charge in [0.1, 0.15) is 0 Å². The summed E-state index contributed by atoms with van der Waals surface area (Å²) in [5, 5.41) is 19.0. The van der Waals surface area contributed by atoms with E-state index in [1.165, 1.54) is 4.90 Å². The molecule has 0 spiro atoms. The Kier molecular flexibility index (Phi) is 4.21. The summed E-state index contributed by atoms with van der Waals surface area (Å²) in [5.74, 6) is -3.53. The molecule has 1 rings (SSSR count). The summed E-state index contributed by atoms with van der Waals surface area (Å²) in [5.41, 5.74) is 0. The first kappa shape index (κ1) is 13.9. The van der Waals surface area contributed by atoms with Crippen molar-refractivity contribution in [3.8, 4) is 0 Å². The van der Waals surface area contributed by atoms with Crippen molar-refractivity contribution in [1.29, 1.82) is 0 Å². The van der Waals surface area contributed by atoms with E-state index in [2.05, 4.69) is 0 Å². The molecule has 0 aliphatic carbocycles. The first-order chi connectivity index (χ1) is 8.38. The van der Waals surface area contributed by atoms with Gasteiger partial charge in [-0.15, -0.1) is 0 Å². The van der Waals surface area contributed by atoms with Crippen LogP contribution in [-0.2, 0) is 14.4 Å². The molecule has 100 valence electrons. The average molecular weight is 259 g/mol. The van der Waals surface area contributed by atoms with Gasteiger partial charge >= 0.3 is 23.8 Å². The Morgan fingerprint density at radius 1 is 1.33 bits per heavy atom. The molecule has 18 heavy (non-hydrogen) atoms. The third-order valence-electron chi connectivity index (χ3n) is 2.43. The number of nitrogens with zero attached hydrogens (tertiary/aromatic N) is 2. The number of likely N-dealkylation sites (N-methyl/N-ethyl adjacent to an activating group) is 1. The molecule has 1 saturated heterocycles. The zero-order chi connectivity index (χ0) is 13.9. The highest BCUT2D eigenvalue weighted by Gasteiger charge is 2.36. The van der Waals surface area contributed by atoms with E-state index in [0.29, 0.717) is 11.4 Å². The highest BCUT2D eigenvalue weighted by molar-refractivity contribution is 6.38. The van der Waals surface area contributed by atoms with Gasteiger partial charge in [0.25, 0.3) is 0 Å².